The van der Waals surface area contributed by atoms with E-state index in [1.165, 1.54) is 11.6 Å². The highest BCUT2D eigenvalue weighted by Gasteiger charge is 2.19. The van der Waals surface area contributed by atoms with Crippen molar-refractivity contribution in [3.05, 3.63) is 108 Å². The summed E-state index contributed by atoms with van der Waals surface area (Å²) in [6, 6.07) is 28.4. The van der Waals surface area contributed by atoms with Gasteiger partial charge in [0.2, 0.25) is 0 Å². The number of hydrogen-bond donors (Lipinski definition) is 2. The quantitative estimate of drug-likeness (QED) is 0.256. The van der Waals surface area contributed by atoms with Crippen LogP contribution >= 0.6 is 0 Å². The van der Waals surface area contributed by atoms with Gasteiger partial charge in [-0.3, -0.25) is 10.0 Å². The van der Waals surface area contributed by atoms with Gasteiger partial charge < -0.3 is 4.57 Å². The normalized spacial score (nSPS) is 12.1. The number of aromatic nitrogens is 2. The van der Waals surface area contributed by atoms with Crippen molar-refractivity contribution in [2.75, 3.05) is 0 Å². The monoisotopic (exact) mass is 409 g/mol. The number of hydroxylamine groups is 1. The molecule has 31 heavy (non-hydrogen) atoms. The second kappa shape index (κ2) is 9.24. The summed E-state index contributed by atoms with van der Waals surface area (Å²) in [5.74, 6) is 0.271. The summed E-state index contributed by atoms with van der Waals surface area (Å²) in [4.78, 5) is 16.1. The Hall–Kier alpha value is -3.96. The molecule has 4 aromatic rings. The summed E-state index contributed by atoms with van der Waals surface area (Å²) >= 11 is 0. The van der Waals surface area contributed by atoms with Gasteiger partial charge in [-0.25, -0.2) is 10.5 Å². The number of carbonyl (C=O) groups is 1. The van der Waals surface area contributed by atoms with Gasteiger partial charge >= 0.3 is 0 Å². The minimum Gasteiger partial charge on any atom is -0.317 e. The Morgan fingerprint density at radius 1 is 0.968 bits per heavy atom. The number of amides is 1. The average molecular weight is 409 g/mol. The molecule has 0 aliphatic heterocycles. The number of hydrogen-bond acceptors (Lipinski definition) is 3. The van der Waals surface area contributed by atoms with E-state index in [9.17, 15) is 4.79 Å². The number of imidazole rings is 1. The highest BCUT2D eigenvalue weighted by Crippen LogP contribution is 2.33. The zero-order valence-electron chi connectivity index (χ0n) is 17.1. The van der Waals surface area contributed by atoms with E-state index in [1.807, 2.05) is 66.9 Å². The first-order valence-corrected chi connectivity index (χ1v) is 10.1. The van der Waals surface area contributed by atoms with E-state index >= 15 is 0 Å². The zero-order chi connectivity index (χ0) is 21.6. The maximum Gasteiger partial charge on any atom is 0.267 e. The van der Waals surface area contributed by atoms with Crippen molar-refractivity contribution in [2.24, 2.45) is 0 Å². The summed E-state index contributed by atoms with van der Waals surface area (Å²) in [7, 11) is 0. The van der Waals surface area contributed by atoms with Gasteiger partial charge in [-0.15, -0.1) is 0 Å². The first-order chi connectivity index (χ1) is 15.2. The van der Waals surface area contributed by atoms with Gasteiger partial charge in [0.05, 0.1) is 17.9 Å². The molecule has 1 heterocycles. The lowest BCUT2D eigenvalue weighted by atomic mass is 10.1. The highest BCUT2D eigenvalue weighted by atomic mass is 16.5. The van der Waals surface area contributed by atoms with E-state index in [2.05, 4.69) is 35.8 Å². The van der Waals surface area contributed by atoms with Crippen LogP contribution in [0.25, 0.3) is 28.7 Å². The van der Waals surface area contributed by atoms with Gasteiger partial charge in [-0.2, -0.15) is 0 Å². The minimum atomic E-state index is -0.573. The second-order valence-electron chi connectivity index (χ2n) is 7.22. The van der Waals surface area contributed by atoms with Crippen LogP contribution in [0, 0.1) is 0 Å². The zero-order valence-corrected chi connectivity index (χ0v) is 17.1. The molecule has 1 unspecified atom stereocenters. The Morgan fingerprint density at radius 3 is 2.35 bits per heavy atom. The van der Waals surface area contributed by atoms with Crippen LogP contribution < -0.4 is 5.48 Å². The Kier molecular flexibility index (Phi) is 6.05. The fourth-order valence-corrected chi connectivity index (χ4v) is 3.66. The van der Waals surface area contributed by atoms with Gasteiger partial charge in [0, 0.05) is 11.6 Å². The first-order valence-electron chi connectivity index (χ1n) is 10.1. The van der Waals surface area contributed by atoms with Crippen LogP contribution in [0.3, 0.4) is 0 Å². The molecule has 5 nitrogen and oxygen atoms in total. The van der Waals surface area contributed by atoms with E-state index in [-0.39, 0.29) is 6.04 Å². The van der Waals surface area contributed by atoms with Crippen molar-refractivity contribution < 1.29 is 10.0 Å². The molecule has 5 heteroatoms. The molecule has 1 aromatic heterocycles. The molecule has 0 aliphatic carbocycles. The molecule has 3 aromatic carbocycles. The topological polar surface area (TPSA) is 67.2 Å². The van der Waals surface area contributed by atoms with Gasteiger partial charge in [0.15, 0.2) is 0 Å². The van der Waals surface area contributed by atoms with Crippen LogP contribution in [-0.4, -0.2) is 20.7 Å². The van der Waals surface area contributed by atoms with Crippen molar-refractivity contribution in [3.63, 3.8) is 0 Å². The largest absolute Gasteiger partial charge is 0.317 e. The fraction of sp³-hybridized carbons (Fsp3) is 0.0769. The predicted octanol–water partition coefficient (Wildman–Crippen LogP) is 5.35. The molecule has 1 atom stereocenters. The number of rotatable bonds is 6. The molecule has 4 rings (SSSR count). The third kappa shape index (κ3) is 4.47. The van der Waals surface area contributed by atoms with Crippen molar-refractivity contribution in [2.45, 2.75) is 13.0 Å². The standard InChI is InChI=1S/C26H23N3O2/c1-19(21-10-4-2-5-11-21)29-24(22-12-6-3-7-13-22)18-27-26(29)23-14-8-9-20(17-23)15-16-25(30)28-31/h2-19,31H,1H3,(H,28,30). The number of nitrogens with zero attached hydrogens (tertiary/aromatic N) is 2. The van der Waals surface area contributed by atoms with Crippen LogP contribution in [0.4, 0.5) is 0 Å². The predicted molar refractivity (Wildman–Crippen MR) is 122 cm³/mol. The third-order valence-corrected chi connectivity index (χ3v) is 5.22. The van der Waals surface area contributed by atoms with Gasteiger partial charge in [0.25, 0.3) is 5.91 Å². The van der Waals surface area contributed by atoms with Crippen LogP contribution in [0.5, 0.6) is 0 Å². The summed E-state index contributed by atoms with van der Waals surface area (Å²) in [5.41, 5.74) is 6.70. The van der Waals surface area contributed by atoms with E-state index < -0.39 is 5.91 Å². The summed E-state index contributed by atoms with van der Waals surface area (Å²) in [6.07, 6.45) is 4.85. The van der Waals surface area contributed by atoms with Crippen molar-refractivity contribution >= 4 is 12.0 Å². The van der Waals surface area contributed by atoms with E-state index in [1.54, 1.807) is 11.6 Å². The molecule has 0 saturated heterocycles. The van der Waals surface area contributed by atoms with Gasteiger partial charge in [-0.05, 0) is 35.8 Å². The number of nitrogens with one attached hydrogen (secondary N) is 1. The second-order valence-corrected chi connectivity index (χ2v) is 7.22. The van der Waals surface area contributed by atoms with Crippen LogP contribution in [-0.2, 0) is 4.79 Å². The lowest BCUT2D eigenvalue weighted by Gasteiger charge is -2.20. The Bertz CT molecular complexity index is 1200. The minimum absolute atomic E-state index is 0.0632. The van der Waals surface area contributed by atoms with E-state index in [4.69, 9.17) is 10.2 Å². The van der Waals surface area contributed by atoms with Gasteiger partial charge in [-0.1, -0.05) is 78.9 Å². The summed E-state index contributed by atoms with van der Waals surface area (Å²) in [5, 5.41) is 8.70. The molecule has 1 amide bonds. The van der Waals surface area contributed by atoms with Crippen molar-refractivity contribution in [3.8, 4) is 22.6 Å². The maximum atomic E-state index is 11.3. The molecule has 0 aliphatic rings. The maximum absolute atomic E-state index is 11.3. The smallest absolute Gasteiger partial charge is 0.267 e. The molecule has 0 spiro atoms. The Morgan fingerprint density at radius 2 is 1.65 bits per heavy atom. The van der Waals surface area contributed by atoms with Crippen molar-refractivity contribution in [1.29, 1.82) is 0 Å². The Balaban J connectivity index is 1.83. The SMILES string of the molecule is CC(c1ccccc1)n1c(-c2ccccc2)cnc1-c1cccc(C=CC(=O)NO)c1. The van der Waals surface area contributed by atoms with E-state index in [0.717, 1.165) is 28.2 Å². The van der Waals surface area contributed by atoms with Crippen LogP contribution in [0.15, 0.2) is 97.2 Å². The van der Waals surface area contributed by atoms with E-state index in [0.29, 0.717) is 0 Å². The molecule has 154 valence electrons. The Labute approximate surface area is 181 Å². The molecule has 0 fully saturated rings. The molecular formula is C26H23N3O2. The number of benzene rings is 3. The fourth-order valence-electron chi connectivity index (χ4n) is 3.66. The number of carbonyl (C=O) groups excluding carboxylic acids is 1. The summed E-state index contributed by atoms with van der Waals surface area (Å²) in [6.45, 7) is 2.17. The molecular weight excluding hydrogens is 386 g/mol. The lowest BCUT2D eigenvalue weighted by molar-refractivity contribution is -0.124. The lowest BCUT2D eigenvalue weighted by Crippen LogP contribution is -2.14. The average Bonchev–Trinajstić information content (AvgIpc) is 3.28. The molecule has 2 N–H and O–H groups in total. The van der Waals surface area contributed by atoms with Crippen LogP contribution in [0.2, 0.25) is 0 Å². The molecule has 0 bridgehead atoms. The molecule has 0 radical (unpaired) electrons. The first kappa shape index (κ1) is 20.3. The molecule has 0 saturated carbocycles. The van der Waals surface area contributed by atoms with Crippen molar-refractivity contribution in [1.82, 2.24) is 15.0 Å². The third-order valence-electron chi connectivity index (χ3n) is 5.22. The summed E-state index contributed by atoms with van der Waals surface area (Å²) < 4.78 is 2.24. The highest BCUT2D eigenvalue weighted by molar-refractivity contribution is 5.91. The van der Waals surface area contributed by atoms with Crippen LogP contribution in [0.1, 0.15) is 24.1 Å². The van der Waals surface area contributed by atoms with Gasteiger partial charge in [0.1, 0.15) is 5.82 Å².